The minimum atomic E-state index is -4.18. The van der Waals surface area contributed by atoms with Gasteiger partial charge in [0.25, 0.3) is 0 Å². The SMILES string of the molecule is CC(C)(C)OC(=O)N1[C@@H]2C[C@@H]2C[C@H]1C(=O)C[C@@H]1CCC[C@H](C(F)(F)F)C1. The van der Waals surface area contributed by atoms with Crippen LogP contribution in [0.15, 0.2) is 0 Å². The Balaban J connectivity index is 1.61. The van der Waals surface area contributed by atoms with Gasteiger partial charge in [0.1, 0.15) is 5.60 Å². The molecule has 3 fully saturated rings. The van der Waals surface area contributed by atoms with Crippen molar-refractivity contribution in [1.82, 2.24) is 4.90 Å². The Morgan fingerprint density at radius 3 is 2.38 bits per heavy atom. The number of ketones is 1. The van der Waals surface area contributed by atoms with Gasteiger partial charge in [-0.1, -0.05) is 6.42 Å². The smallest absolute Gasteiger partial charge is 0.411 e. The number of amides is 1. The second-order valence-corrected chi connectivity index (χ2v) is 9.14. The molecule has 1 saturated heterocycles. The minimum absolute atomic E-state index is 0.0290. The van der Waals surface area contributed by atoms with E-state index in [1.54, 1.807) is 25.7 Å². The molecule has 26 heavy (non-hydrogen) atoms. The minimum Gasteiger partial charge on any atom is -0.444 e. The van der Waals surface area contributed by atoms with E-state index in [1.807, 2.05) is 0 Å². The van der Waals surface area contributed by atoms with Crippen molar-refractivity contribution in [3.05, 3.63) is 0 Å². The Morgan fingerprint density at radius 2 is 1.77 bits per heavy atom. The first kappa shape index (κ1) is 19.5. The summed E-state index contributed by atoms with van der Waals surface area (Å²) in [6.07, 6.45) is -1.65. The number of alkyl halides is 3. The number of halogens is 3. The summed E-state index contributed by atoms with van der Waals surface area (Å²) in [7, 11) is 0. The van der Waals surface area contributed by atoms with Crippen molar-refractivity contribution in [2.45, 2.75) is 89.6 Å². The van der Waals surface area contributed by atoms with Gasteiger partial charge >= 0.3 is 12.3 Å². The first-order valence-corrected chi connectivity index (χ1v) is 9.56. The van der Waals surface area contributed by atoms with Crippen LogP contribution in [0.4, 0.5) is 18.0 Å². The molecule has 2 saturated carbocycles. The van der Waals surface area contributed by atoms with Crippen LogP contribution >= 0.6 is 0 Å². The lowest BCUT2D eigenvalue weighted by Gasteiger charge is -2.33. The Kier molecular flexibility index (Phi) is 5.03. The highest BCUT2D eigenvalue weighted by Crippen LogP contribution is 2.49. The van der Waals surface area contributed by atoms with Gasteiger partial charge in [-0.2, -0.15) is 13.2 Å². The molecule has 7 heteroatoms. The molecule has 3 rings (SSSR count). The van der Waals surface area contributed by atoms with Crippen LogP contribution in [-0.4, -0.2) is 40.6 Å². The zero-order chi connectivity index (χ0) is 19.3. The van der Waals surface area contributed by atoms with E-state index in [2.05, 4.69) is 0 Å². The van der Waals surface area contributed by atoms with E-state index in [4.69, 9.17) is 4.74 Å². The summed E-state index contributed by atoms with van der Waals surface area (Å²) < 4.78 is 44.4. The van der Waals surface area contributed by atoms with E-state index in [1.165, 1.54) is 0 Å². The lowest BCUT2D eigenvalue weighted by Crippen LogP contribution is -2.46. The topological polar surface area (TPSA) is 46.6 Å². The molecular formula is C19H28F3NO3. The number of likely N-dealkylation sites (tertiary alicyclic amines) is 1. The van der Waals surface area contributed by atoms with Crippen molar-refractivity contribution in [3.8, 4) is 0 Å². The van der Waals surface area contributed by atoms with Gasteiger partial charge < -0.3 is 4.74 Å². The molecular weight excluding hydrogens is 347 g/mol. The van der Waals surface area contributed by atoms with Crippen LogP contribution in [0.2, 0.25) is 0 Å². The van der Waals surface area contributed by atoms with Crippen LogP contribution in [0.5, 0.6) is 0 Å². The van der Waals surface area contributed by atoms with Gasteiger partial charge in [0.15, 0.2) is 5.78 Å². The first-order chi connectivity index (χ1) is 12.0. The number of rotatable bonds is 3. The molecule has 0 unspecified atom stereocenters. The fourth-order valence-corrected chi connectivity index (χ4v) is 4.52. The number of ether oxygens (including phenoxy) is 1. The predicted molar refractivity (Wildman–Crippen MR) is 89.5 cm³/mol. The van der Waals surface area contributed by atoms with Gasteiger partial charge in [-0.15, -0.1) is 0 Å². The molecule has 0 aromatic rings. The number of piperidine rings is 1. The quantitative estimate of drug-likeness (QED) is 0.718. The third-order valence-electron chi connectivity index (χ3n) is 5.82. The van der Waals surface area contributed by atoms with Crippen molar-refractivity contribution in [3.63, 3.8) is 0 Å². The lowest BCUT2D eigenvalue weighted by molar-refractivity contribution is -0.186. The first-order valence-electron chi connectivity index (χ1n) is 9.56. The van der Waals surface area contributed by atoms with Crippen LogP contribution in [0.3, 0.4) is 0 Å². The Morgan fingerprint density at radius 1 is 1.08 bits per heavy atom. The van der Waals surface area contributed by atoms with E-state index >= 15 is 0 Å². The molecule has 1 heterocycles. The molecule has 0 radical (unpaired) electrons. The summed E-state index contributed by atoms with van der Waals surface area (Å²) >= 11 is 0. The predicted octanol–water partition coefficient (Wildman–Crippen LogP) is 4.71. The highest BCUT2D eigenvalue weighted by molar-refractivity contribution is 5.89. The van der Waals surface area contributed by atoms with Crippen molar-refractivity contribution >= 4 is 11.9 Å². The third-order valence-corrected chi connectivity index (χ3v) is 5.82. The summed E-state index contributed by atoms with van der Waals surface area (Å²) in [6.45, 7) is 5.34. The molecule has 148 valence electrons. The number of fused-ring (bicyclic) bond motifs is 1. The second-order valence-electron chi connectivity index (χ2n) is 9.14. The van der Waals surface area contributed by atoms with Crippen molar-refractivity contribution in [1.29, 1.82) is 0 Å². The van der Waals surface area contributed by atoms with Crippen LogP contribution < -0.4 is 0 Å². The maximum absolute atomic E-state index is 13.0. The Hall–Kier alpha value is -1.27. The third kappa shape index (κ3) is 4.34. The zero-order valence-corrected chi connectivity index (χ0v) is 15.6. The number of Topliss-reactive ketones (excluding diaryl/α,β-unsaturated/α-hetero) is 1. The van der Waals surface area contributed by atoms with E-state index in [9.17, 15) is 22.8 Å². The van der Waals surface area contributed by atoms with Crippen molar-refractivity contribution in [2.24, 2.45) is 17.8 Å². The van der Waals surface area contributed by atoms with E-state index in [-0.39, 0.29) is 37.0 Å². The monoisotopic (exact) mass is 375 g/mol. The van der Waals surface area contributed by atoms with Crippen LogP contribution in [0.1, 0.15) is 65.7 Å². The molecule has 2 aliphatic carbocycles. The molecule has 0 spiro atoms. The van der Waals surface area contributed by atoms with Gasteiger partial charge in [-0.3, -0.25) is 9.69 Å². The molecule has 4 nitrogen and oxygen atoms in total. The van der Waals surface area contributed by atoms with Gasteiger partial charge in [0.2, 0.25) is 0 Å². The number of hydrogen-bond acceptors (Lipinski definition) is 3. The molecule has 3 aliphatic rings. The summed E-state index contributed by atoms with van der Waals surface area (Å²) in [4.78, 5) is 26.8. The average Bonchev–Trinajstić information content (AvgIpc) is 3.14. The standard InChI is InChI=1S/C19H28F3NO3/c1-18(2,3)26-17(25)23-14-9-12(14)10-15(23)16(24)8-11-5-4-6-13(7-11)19(20,21)22/h11-15H,4-10H2,1-3H3/t11-,12-,13+,14-,15+/m1/s1. The number of carbonyl (C=O) groups is 2. The molecule has 1 amide bonds. The van der Waals surface area contributed by atoms with Gasteiger partial charge in [0.05, 0.1) is 12.0 Å². The molecule has 0 bridgehead atoms. The summed E-state index contributed by atoms with van der Waals surface area (Å²) in [5.41, 5.74) is -0.638. The molecule has 0 N–H and O–H groups in total. The second kappa shape index (κ2) is 6.71. The summed E-state index contributed by atoms with van der Waals surface area (Å²) in [5.74, 6) is -1.30. The molecule has 0 aromatic heterocycles. The average molecular weight is 375 g/mol. The number of carbonyl (C=O) groups excluding carboxylic acids is 2. The highest BCUT2D eigenvalue weighted by atomic mass is 19.4. The van der Waals surface area contributed by atoms with Crippen molar-refractivity contribution in [2.75, 3.05) is 0 Å². The Bertz CT molecular complexity index is 569. The lowest BCUT2D eigenvalue weighted by atomic mass is 9.78. The molecule has 0 aromatic carbocycles. The van der Waals surface area contributed by atoms with Crippen LogP contribution in [0, 0.1) is 17.8 Å². The maximum atomic E-state index is 13.0. The zero-order valence-electron chi connectivity index (χ0n) is 15.6. The number of nitrogens with zero attached hydrogens (tertiary/aromatic N) is 1. The number of hydrogen-bond donors (Lipinski definition) is 0. The summed E-state index contributed by atoms with van der Waals surface area (Å²) in [5, 5.41) is 0. The molecule has 1 aliphatic heterocycles. The van der Waals surface area contributed by atoms with Gasteiger partial charge in [-0.05, 0) is 64.7 Å². The van der Waals surface area contributed by atoms with Crippen LogP contribution in [-0.2, 0) is 9.53 Å². The van der Waals surface area contributed by atoms with Gasteiger partial charge in [-0.25, -0.2) is 4.79 Å². The van der Waals surface area contributed by atoms with Gasteiger partial charge in [0, 0.05) is 12.5 Å². The fourth-order valence-electron chi connectivity index (χ4n) is 4.52. The van der Waals surface area contributed by atoms with Crippen molar-refractivity contribution < 1.29 is 27.5 Å². The highest BCUT2D eigenvalue weighted by Gasteiger charge is 2.57. The normalized spacial score (nSPS) is 34.4. The Labute approximate surface area is 152 Å². The fraction of sp³-hybridized carbons (Fsp3) is 0.895. The summed E-state index contributed by atoms with van der Waals surface area (Å²) in [6, 6.07) is -0.465. The van der Waals surface area contributed by atoms with E-state index < -0.39 is 29.8 Å². The molecule has 5 atom stereocenters. The van der Waals surface area contributed by atoms with E-state index in [0.717, 1.165) is 6.42 Å². The maximum Gasteiger partial charge on any atom is 0.411 e. The van der Waals surface area contributed by atoms with Crippen LogP contribution in [0.25, 0.3) is 0 Å². The largest absolute Gasteiger partial charge is 0.444 e. The van der Waals surface area contributed by atoms with E-state index in [0.29, 0.717) is 25.2 Å².